The molecule has 0 aliphatic carbocycles. The zero-order valence-electron chi connectivity index (χ0n) is 6.33. The summed E-state index contributed by atoms with van der Waals surface area (Å²) in [6.07, 6.45) is 3.58. The fourth-order valence-electron chi connectivity index (χ4n) is 0.356. The van der Waals surface area contributed by atoms with Gasteiger partial charge in [-0.1, -0.05) is 6.92 Å². The van der Waals surface area contributed by atoms with Crippen LogP contribution in [0.1, 0.15) is 13.3 Å². The molecule has 11 heavy (non-hydrogen) atoms. The lowest BCUT2D eigenvalue weighted by atomic mass is 10.6. The molecule has 0 aromatic rings. The van der Waals surface area contributed by atoms with Crippen molar-refractivity contribution in [3.8, 4) is 0 Å². The molecule has 62 valence electrons. The molecule has 0 spiro atoms. The SMILES string of the molecule is CCCS.O=C1C=CC(=O)N1. The molecule has 0 fully saturated rings. The van der Waals surface area contributed by atoms with Gasteiger partial charge >= 0.3 is 0 Å². The highest BCUT2D eigenvalue weighted by molar-refractivity contribution is 7.80. The smallest absolute Gasteiger partial charge is 0.250 e. The number of nitrogens with one attached hydrogen (secondary N) is 1. The molecule has 1 N–H and O–H groups in total. The Kier molecular flexibility index (Phi) is 5.56. The van der Waals surface area contributed by atoms with Gasteiger partial charge in [0.25, 0.3) is 11.8 Å². The van der Waals surface area contributed by atoms with Gasteiger partial charge in [-0.25, -0.2) is 0 Å². The summed E-state index contributed by atoms with van der Waals surface area (Å²) in [7, 11) is 0. The molecular weight excluding hydrogens is 162 g/mol. The molecule has 0 saturated carbocycles. The van der Waals surface area contributed by atoms with Crippen LogP contribution in [-0.4, -0.2) is 17.6 Å². The fraction of sp³-hybridized carbons (Fsp3) is 0.429. The maximum atomic E-state index is 10.0. The average molecular weight is 173 g/mol. The Morgan fingerprint density at radius 1 is 1.36 bits per heavy atom. The van der Waals surface area contributed by atoms with Crippen LogP contribution in [0.25, 0.3) is 0 Å². The lowest BCUT2D eigenvalue weighted by molar-refractivity contribution is -0.123. The Morgan fingerprint density at radius 2 is 1.73 bits per heavy atom. The van der Waals surface area contributed by atoms with E-state index in [1.807, 2.05) is 5.32 Å². The van der Waals surface area contributed by atoms with Gasteiger partial charge in [-0.2, -0.15) is 12.6 Å². The van der Waals surface area contributed by atoms with E-state index in [4.69, 9.17) is 0 Å². The van der Waals surface area contributed by atoms with Gasteiger partial charge in [0.05, 0.1) is 0 Å². The summed E-state index contributed by atoms with van der Waals surface area (Å²) in [6, 6.07) is 0. The number of rotatable bonds is 1. The molecule has 0 bridgehead atoms. The Bertz CT molecular complexity index is 159. The maximum Gasteiger partial charge on any atom is 0.250 e. The van der Waals surface area contributed by atoms with Crippen molar-refractivity contribution < 1.29 is 9.59 Å². The summed E-state index contributed by atoms with van der Waals surface area (Å²) in [5.41, 5.74) is 0. The van der Waals surface area contributed by atoms with E-state index in [1.165, 1.54) is 18.6 Å². The molecule has 1 aliphatic heterocycles. The van der Waals surface area contributed by atoms with Crippen molar-refractivity contribution in [3.05, 3.63) is 12.2 Å². The van der Waals surface area contributed by atoms with Crippen LogP contribution >= 0.6 is 12.6 Å². The summed E-state index contributed by atoms with van der Waals surface area (Å²) < 4.78 is 0. The summed E-state index contributed by atoms with van der Waals surface area (Å²) in [6.45, 7) is 2.10. The highest BCUT2D eigenvalue weighted by atomic mass is 32.1. The molecular formula is C7H11NO2S. The second-order valence-corrected chi connectivity index (χ2v) is 2.36. The molecule has 1 aliphatic rings. The molecule has 0 radical (unpaired) electrons. The van der Waals surface area contributed by atoms with Crippen LogP contribution in [0.2, 0.25) is 0 Å². The fourth-order valence-corrected chi connectivity index (χ4v) is 0.356. The average Bonchev–Trinajstić information content (AvgIpc) is 2.35. The third kappa shape index (κ3) is 5.66. The third-order valence-electron chi connectivity index (χ3n) is 0.856. The van der Waals surface area contributed by atoms with Gasteiger partial charge in [0.15, 0.2) is 0 Å². The first-order valence-electron chi connectivity index (χ1n) is 3.34. The number of thiol groups is 1. The molecule has 0 atom stereocenters. The van der Waals surface area contributed by atoms with E-state index in [0.29, 0.717) is 0 Å². The Hall–Kier alpha value is -0.770. The van der Waals surface area contributed by atoms with Crippen LogP contribution in [0.5, 0.6) is 0 Å². The number of carbonyl (C=O) groups excluding carboxylic acids is 2. The number of carbonyl (C=O) groups is 2. The predicted molar refractivity (Wildman–Crippen MR) is 46.4 cm³/mol. The highest BCUT2D eigenvalue weighted by Crippen LogP contribution is 1.82. The summed E-state index contributed by atoms with van der Waals surface area (Å²) in [4.78, 5) is 20.1. The van der Waals surface area contributed by atoms with Crippen molar-refractivity contribution >= 4 is 24.4 Å². The Balaban J connectivity index is 0.000000218. The van der Waals surface area contributed by atoms with Crippen molar-refractivity contribution in [2.45, 2.75) is 13.3 Å². The van der Waals surface area contributed by atoms with Gasteiger partial charge < -0.3 is 0 Å². The van der Waals surface area contributed by atoms with Crippen molar-refractivity contribution in [2.24, 2.45) is 0 Å². The van der Waals surface area contributed by atoms with Gasteiger partial charge in [0, 0.05) is 12.2 Å². The topological polar surface area (TPSA) is 46.2 Å². The zero-order chi connectivity index (χ0) is 8.69. The molecule has 0 aromatic carbocycles. The molecule has 4 heteroatoms. The van der Waals surface area contributed by atoms with Crippen molar-refractivity contribution in [1.82, 2.24) is 5.32 Å². The number of amides is 2. The first-order valence-corrected chi connectivity index (χ1v) is 3.97. The maximum absolute atomic E-state index is 10.0. The molecule has 1 rings (SSSR count). The van der Waals surface area contributed by atoms with Crippen LogP contribution < -0.4 is 5.32 Å². The van der Waals surface area contributed by atoms with Gasteiger partial charge in [-0.15, -0.1) is 0 Å². The van der Waals surface area contributed by atoms with Crippen LogP contribution in [0.15, 0.2) is 12.2 Å². The molecule has 1 heterocycles. The van der Waals surface area contributed by atoms with Crippen molar-refractivity contribution in [1.29, 1.82) is 0 Å². The van der Waals surface area contributed by atoms with Crippen LogP contribution in [0.3, 0.4) is 0 Å². The second kappa shape index (κ2) is 5.97. The van der Waals surface area contributed by atoms with E-state index in [9.17, 15) is 9.59 Å². The molecule has 0 saturated heterocycles. The number of imide groups is 1. The lowest BCUT2D eigenvalue weighted by Gasteiger charge is -1.80. The van der Waals surface area contributed by atoms with E-state index in [2.05, 4.69) is 19.6 Å². The lowest BCUT2D eigenvalue weighted by Crippen LogP contribution is -2.19. The van der Waals surface area contributed by atoms with E-state index in [-0.39, 0.29) is 11.8 Å². The molecule has 3 nitrogen and oxygen atoms in total. The van der Waals surface area contributed by atoms with E-state index < -0.39 is 0 Å². The van der Waals surface area contributed by atoms with Crippen LogP contribution in [0.4, 0.5) is 0 Å². The first-order chi connectivity index (χ1) is 5.20. The monoisotopic (exact) mass is 173 g/mol. The van der Waals surface area contributed by atoms with Crippen molar-refractivity contribution in [3.63, 3.8) is 0 Å². The summed E-state index contributed by atoms with van der Waals surface area (Å²) in [5, 5.41) is 2.03. The van der Waals surface area contributed by atoms with Crippen LogP contribution in [-0.2, 0) is 9.59 Å². The Labute approximate surface area is 71.3 Å². The quantitative estimate of drug-likeness (QED) is 0.448. The van der Waals surface area contributed by atoms with Crippen LogP contribution in [0, 0.1) is 0 Å². The largest absolute Gasteiger partial charge is 0.289 e. The normalized spacial score (nSPS) is 14.0. The van der Waals surface area contributed by atoms with E-state index >= 15 is 0 Å². The second-order valence-electron chi connectivity index (χ2n) is 1.91. The van der Waals surface area contributed by atoms with E-state index in [1.54, 1.807) is 0 Å². The van der Waals surface area contributed by atoms with E-state index in [0.717, 1.165) is 5.75 Å². The zero-order valence-corrected chi connectivity index (χ0v) is 7.23. The minimum atomic E-state index is -0.329. The minimum Gasteiger partial charge on any atom is -0.289 e. The number of hydrogen-bond donors (Lipinski definition) is 2. The molecule has 0 unspecified atom stereocenters. The molecule has 2 amide bonds. The van der Waals surface area contributed by atoms with Gasteiger partial charge in [-0.3, -0.25) is 14.9 Å². The minimum absolute atomic E-state index is 0.329. The summed E-state index contributed by atoms with van der Waals surface area (Å²) >= 11 is 3.92. The third-order valence-corrected chi connectivity index (χ3v) is 1.30. The van der Waals surface area contributed by atoms with Crippen molar-refractivity contribution in [2.75, 3.05) is 5.75 Å². The number of hydrogen-bond acceptors (Lipinski definition) is 3. The Morgan fingerprint density at radius 3 is 1.82 bits per heavy atom. The summed E-state index contributed by atoms with van der Waals surface area (Å²) in [5.74, 6) is 0.356. The van der Waals surface area contributed by atoms with Gasteiger partial charge in [0.1, 0.15) is 0 Å². The highest BCUT2D eigenvalue weighted by Gasteiger charge is 2.06. The predicted octanol–water partition coefficient (Wildman–Crippen LogP) is 0.525. The standard InChI is InChI=1S/C4H3NO2.C3H8S/c6-3-1-2-4(7)5-3;1-2-3-4/h1-2H,(H,5,6,7);4H,2-3H2,1H3. The molecule has 0 aromatic heterocycles. The van der Waals surface area contributed by atoms with Gasteiger partial charge in [0.2, 0.25) is 0 Å². The first kappa shape index (κ1) is 10.2. The van der Waals surface area contributed by atoms with Gasteiger partial charge in [-0.05, 0) is 12.2 Å².